The van der Waals surface area contributed by atoms with Crippen LogP contribution in [0.25, 0.3) is 0 Å². The molecule has 5 rings (SSSR count). The Morgan fingerprint density at radius 3 is 2.42 bits per heavy atom. The quantitative estimate of drug-likeness (QED) is 0.659. The molecular weight excluding hydrogens is 471 g/mol. The molecule has 36 heavy (non-hydrogen) atoms. The topological polar surface area (TPSA) is 68.8 Å². The van der Waals surface area contributed by atoms with Crippen molar-refractivity contribution in [1.82, 2.24) is 25.0 Å². The Balaban J connectivity index is 1.02. The van der Waals surface area contributed by atoms with Crippen molar-refractivity contribution in [1.29, 1.82) is 0 Å². The van der Waals surface area contributed by atoms with Gasteiger partial charge in [0.15, 0.2) is 0 Å². The maximum atomic E-state index is 13.0. The van der Waals surface area contributed by atoms with E-state index in [1.807, 2.05) is 29.0 Å². The minimum Gasteiger partial charge on any atom is -0.343 e. The normalized spacial score (nSPS) is 25.1. The number of carbonyl (C=O) groups is 2. The van der Waals surface area contributed by atoms with E-state index in [0.717, 1.165) is 43.5 Å². The van der Waals surface area contributed by atoms with Gasteiger partial charge in [0.05, 0.1) is 6.54 Å². The third kappa shape index (κ3) is 5.63. The van der Waals surface area contributed by atoms with Crippen molar-refractivity contribution in [3.8, 4) is 0 Å². The summed E-state index contributed by atoms with van der Waals surface area (Å²) in [6.07, 6.45) is 4.05. The standard InChI is InChI=1S/C26H36F3N5O2/c1-24(3-8-32(9-4-24)18-26(27,28)29)13-22(35)33-10-5-25(6-11-33)12-21(25)15-31-23(36)34-16-19-2-7-30-14-20(19)17-34/h2,7,14,21H,3-6,8-13,15-18H2,1H3,(H,31,36). The number of halogens is 3. The molecule has 3 amide bonds. The number of urea groups is 1. The lowest BCUT2D eigenvalue weighted by atomic mass is 9.77. The lowest BCUT2D eigenvalue weighted by Crippen LogP contribution is -2.46. The molecule has 198 valence electrons. The predicted octanol–water partition coefficient (Wildman–Crippen LogP) is 3.79. The zero-order valence-electron chi connectivity index (χ0n) is 20.9. The number of amides is 3. The van der Waals surface area contributed by atoms with Crippen molar-refractivity contribution in [2.75, 3.05) is 39.3 Å². The van der Waals surface area contributed by atoms with Gasteiger partial charge in [-0.1, -0.05) is 6.92 Å². The maximum absolute atomic E-state index is 13.0. The molecule has 1 N–H and O–H groups in total. The fourth-order valence-electron chi connectivity index (χ4n) is 6.38. The second-order valence-corrected chi connectivity index (χ2v) is 11.7. The number of likely N-dealkylation sites (tertiary alicyclic amines) is 2. The van der Waals surface area contributed by atoms with Crippen LogP contribution in [0.4, 0.5) is 18.0 Å². The van der Waals surface area contributed by atoms with Crippen LogP contribution in [0.15, 0.2) is 18.5 Å². The second kappa shape index (κ2) is 9.50. The number of piperidine rings is 2. The van der Waals surface area contributed by atoms with E-state index in [-0.39, 0.29) is 22.8 Å². The third-order valence-electron chi connectivity index (χ3n) is 9.03. The summed E-state index contributed by atoms with van der Waals surface area (Å²) in [7, 11) is 0. The van der Waals surface area contributed by atoms with Crippen LogP contribution >= 0.6 is 0 Å². The lowest BCUT2D eigenvalue weighted by Gasteiger charge is -2.41. The minimum absolute atomic E-state index is 0.0320. The van der Waals surface area contributed by atoms with Crippen molar-refractivity contribution in [3.63, 3.8) is 0 Å². The van der Waals surface area contributed by atoms with Crippen molar-refractivity contribution in [3.05, 3.63) is 29.6 Å². The summed E-state index contributed by atoms with van der Waals surface area (Å²) < 4.78 is 38.0. The van der Waals surface area contributed by atoms with E-state index < -0.39 is 12.7 Å². The van der Waals surface area contributed by atoms with E-state index in [9.17, 15) is 22.8 Å². The highest BCUT2D eigenvalue weighted by molar-refractivity contribution is 5.77. The first-order valence-corrected chi connectivity index (χ1v) is 13.1. The summed E-state index contributed by atoms with van der Waals surface area (Å²) in [6.45, 7) is 5.30. The Hall–Kier alpha value is -2.36. The van der Waals surface area contributed by atoms with Gasteiger partial charge in [0.1, 0.15) is 0 Å². The smallest absolute Gasteiger partial charge is 0.343 e. The van der Waals surface area contributed by atoms with Crippen LogP contribution < -0.4 is 5.32 Å². The fourth-order valence-corrected chi connectivity index (χ4v) is 6.38. The molecule has 0 radical (unpaired) electrons. The number of hydrogen-bond donors (Lipinski definition) is 1. The van der Waals surface area contributed by atoms with Crippen LogP contribution in [-0.2, 0) is 17.9 Å². The van der Waals surface area contributed by atoms with Crippen molar-refractivity contribution < 1.29 is 22.8 Å². The Labute approximate surface area is 210 Å². The number of rotatable bonds is 5. The zero-order valence-corrected chi connectivity index (χ0v) is 20.9. The number of nitrogens with one attached hydrogen (secondary N) is 1. The van der Waals surface area contributed by atoms with Gasteiger partial charge in [-0.25, -0.2) is 4.79 Å². The molecule has 0 aromatic carbocycles. The van der Waals surface area contributed by atoms with Crippen LogP contribution in [-0.4, -0.2) is 77.1 Å². The highest BCUT2D eigenvalue weighted by Crippen LogP contribution is 2.59. The molecule has 4 aliphatic rings. The average Bonchev–Trinajstić information content (AvgIpc) is 3.30. The van der Waals surface area contributed by atoms with Crippen molar-refractivity contribution >= 4 is 11.9 Å². The van der Waals surface area contributed by atoms with E-state index in [2.05, 4.69) is 10.3 Å². The van der Waals surface area contributed by atoms with Gasteiger partial charge in [-0.3, -0.25) is 14.7 Å². The zero-order chi connectivity index (χ0) is 25.6. The van der Waals surface area contributed by atoms with Crippen molar-refractivity contribution in [2.45, 2.75) is 64.7 Å². The van der Waals surface area contributed by atoms with E-state index in [1.165, 1.54) is 4.90 Å². The number of pyridine rings is 1. The molecule has 1 aromatic rings. The van der Waals surface area contributed by atoms with E-state index in [1.54, 1.807) is 6.20 Å². The first kappa shape index (κ1) is 25.3. The summed E-state index contributed by atoms with van der Waals surface area (Å²) in [4.78, 5) is 35.0. The minimum atomic E-state index is -4.17. The number of carbonyl (C=O) groups excluding carboxylic acids is 2. The van der Waals surface area contributed by atoms with Crippen LogP contribution in [0.2, 0.25) is 0 Å². The number of nitrogens with zero attached hydrogens (tertiary/aromatic N) is 4. The molecule has 2 saturated heterocycles. The number of aromatic nitrogens is 1. The van der Waals surface area contributed by atoms with E-state index >= 15 is 0 Å². The highest BCUT2D eigenvalue weighted by atomic mass is 19.4. The van der Waals surface area contributed by atoms with Gasteiger partial charge in [-0.05, 0) is 79.1 Å². The molecular formula is C26H36F3N5O2. The van der Waals surface area contributed by atoms with Gasteiger partial charge in [0, 0.05) is 51.5 Å². The highest BCUT2D eigenvalue weighted by Gasteiger charge is 2.55. The van der Waals surface area contributed by atoms with Gasteiger partial charge in [0.25, 0.3) is 0 Å². The molecule has 1 aromatic heterocycles. The summed E-state index contributed by atoms with van der Waals surface area (Å²) in [5.41, 5.74) is 2.26. The van der Waals surface area contributed by atoms with Gasteiger partial charge in [-0.15, -0.1) is 0 Å². The number of hydrogen-bond acceptors (Lipinski definition) is 4. The molecule has 0 bridgehead atoms. The molecule has 1 spiro atoms. The van der Waals surface area contributed by atoms with Crippen LogP contribution in [0.3, 0.4) is 0 Å². The third-order valence-corrected chi connectivity index (χ3v) is 9.03. The predicted molar refractivity (Wildman–Crippen MR) is 128 cm³/mol. The average molecular weight is 508 g/mol. The Morgan fingerprint density at radius 2 is 1.75 bits per heavy atom. The van der Waals surface area contributed by atoms with Crippen LogP contribution in [0.1, 0.15) is 56.6 Å². The molecule has 1 aliphatic carbocycles. The Morgan fingerprint density at radius 1 is 1.06 bits per heavy atom. The SMILES string of the molecule is CC1(CC(=O)N2CCC3(CC2)CC3CNC(=O)N2Cc3ccncc3C2)CCN(CC(F)(F)F)CC1. The summed E-state index contributed by atoms with van der Waals surface area (Å²) in [6, 6.07) is 1.93. The maximum Gasteiger partial charge on any atom is 0.401 e. The van der Waals surface area contributed by atoms with Crippen LogP contribution in [0.5, 0.6) is 0 Å². The monoisotopic (exact) mass is 507 g/mol. The first-order valence-electron chi connectivity index (χ1n) is 13.1. The number of fused-ring (bicyclic) bond motifs is 1. The molecule has 3 aliphatic heterocycles. The largest absolute Gasteiger partial charge is 0.401 e. The Bertz CT molecular complexity index is 959. The summed E-state index contributed by atoms with van der Waals surface area (Å²) in [5, 5.41) is 3.12. The molecule has 7 nitrogen and oxygen atoms in total. The summed E-state index contributed by atoms with van der Waals surface area (Å²) >= 11 is 0. The summed E-state index contributed by atoms with van der Waals surface area (Å²) in [5.74, 6) is 0.589. The molecule has 10 heteroatoms. The molecule has 4 heterocycles. The van der Waals surface area contributed by atoms with E-state index in [4.69, 9.17) is 0 Å². The molecule has 1 unspecified atom stereocenters. The second-order valence-electron chi connectivity index (χ2n) is 11.7. The number of alkyl halides is 3. The van der Waals surface area contributed by atoms with Crippen LogP contribution in [0, 0.1) is 16.7 Å². The molecule has 1 saturated carbocycles. The first-order chi connectivity index (χ1) is 17.0. The lowest BCUT2D eigenvalue weighted by molar-refractivity contribution is -0.152. The van der Waals surface area contributed by atoms with Crippen molar-refractivity contribution in [2.24, 2.45) is 16.7 Å². The van der Waals surface area contributed by atoms with E-state index in [0.29, 0.717) is 57.9 Å². The van der Waals surface area contributed by atoms with Gasteiger partial charge >= 0.3 is 12.2 Å². The van der Waals surface area contributed by atoms with Gasteiger partial charge in [0.2, 0.25) is 5.91 Å². The molecule has 1 atom stereocenters. The van der Waals surface area contributed by atoms with Gasteiger partial charge < -0.3 is 15.1 Å². The van der Waals surface area contributed by atoms with Gasteiger partial charge in [-0.2, -0.15) is 13.2 Å². The Kier molecular flexibility index (Phi) is 6.68. The fraction of sp³-hybridized carbons (Fsp3) is 0.731. The molecule has 3 fully saturated rings.